The van der Waals surface area contributed by atoms with E-state index in [9.17, 15) is 23.1 Å². The molecule has 0 saturated heterocycles. The summed E-state index contributed by atoms with van der Waals surface area (Å²) in [6.07, 6.45) is -1.49. The molecule has 0 aliphatic heterocycles. The molecule has 2 aromatic carbocycles. The summed E-state index contributed by atoms with van der Waals surface area (Å²) in [5.41, 5.74) is 1.93. The molecule has 2 atom stereocenters. The third-order valence-electron chi connectivity index (χ3n) is 7.35. The third kappa shape index (κ3) is 7.12. The van der Waals surface area contributed by atoms with Gasteiger partial charge in [-0.05, 0) is 74.6 Å². The van der Waals surface area contributed by atoms with Gasteiger partial charge in [0.1, 0.15) is 18.0 Å². The van der Waals surface area contributed by atoms with E-state index >= 15 is 0 Å². The van der Waals surface area contributed by atoms with Gasteiger partial charge in [-0.2, -0.15) is 23.0 Å². The van der Waals surface area contributed by atoms with Crippen molar-refractivity contribution in [2.45, 2.75) is 58.0 Å². The van der Waals surface area contributed by atoms with E-state index in [4.69, 9.17) is 0 Å². The smallest absolute Gasteiger partial charge is 0.392 e. The summed E-state index contributed by atoms with van der Waals surface area (Å²) in [4.78, 5) is 21.7. The van der Waals surface area contributed by atoms with Crippen LogP contribution in [-0.4, -0.2) is 50.0 Å². The quantitative estimate of drug-likeness (QED) is 0.176. The van der Waals surface area contributed by atoms with Gasteiger partial charge in [0.25, 0.3) is 5.91 Å². The molecule has 1 saturated carbocycles. The summed E-state index contributed by atoms with van der Waals surface area (Å²) in [5.74, 6) is 1.10. The van der Waals surface area contributed by atoms with Gasteiger partial charge in [0.15, 0.2) is 5.82 Å². The summed E-state index contributed by atoms with van der Waals surface area (Å²) in [7, 11) is 1.75. The van der Waals surface area contributed by atoms with Crippen LogP contribution in [0.5, 0.6) is 0 Å². The topological polar surface area (TPSA) is 129 Å². The van der Waals surface area contributed by atoms with Crippen LogP contribution in [-0.2, 0) is 12.7 Å². The molecule has 5 rings (SSSR count). The molecule has 1 aliphatic rings. The number of benzene rings is 2. The lowest BCUT2D eigenvalue weighted by molar-refractivity contribution is -0.137. The second kappa shape index (κ2) is 12.4. The Morgan fingerprint density at radius 2 is 1.88 bits per heavy atom. The molecule has 5 N–H and O–H groups in total. The van der Waals surface area contributed by atoms with Crippen LogP contribution in [0.3, 0.4) is 0 Å². The molecule has 226 valence electrons. The molecular formula is C30H33F3N8O2. The van der Waals surface area contributed by atoms with Crippen LogP contribution in [0.1, 0.15) is 52.0 Å². The maximum Gasteiger partial charge on any atom is 0.416 e. The first-order chi connectivity index (χ1) is 20.5. The van der Waals surface area contributed by atoms with Crippen LogP contribution < -0.4 is 21.3 Å². The molecule has 0 spiro atoms. The van der Waals surface area contributed by atoms with Gasteiger partial charge in [-0.15, -0.1) is 0 Å². The van der Waals surface area contributed by atoms with E-state index in [0.29, 0.717) is 40.8 Å². The number of hydrogen-bond acceptors (Lipinski definition) is 8. The maximum absolute atomic E-state index is 13.7. The molecule has 4 aromatic rings. The van der Waals surface area contributed by atoms with Crippen molar-refractivity contribution in [3.05, 3.63) is 82.8 Å². The number of aromatic nitrogens is 4. The molecule has 13 heteroatoms. The minimum absolute atomic E-state index is 0.0970. The van der Waals surface area contributed by atoms with Gasteiger partial charge in [0.2, 0.25) is 0 Å². The molecule has 1 amide bonds. The molecule has 1 fully saturated rings. The van der Waals surface area contributed by atoms with Crippen molar-refractivity contribution in [2.75, 3.05) is 23.0 Å². The zero-order chi connectivity index (χ0) is 30.7. The van der Waals surface area contributed by atoms with E-state index in [0.717, 1.165) is 36.2 Å². The fraction of sp³-hybridized carbons (Fsp3) is 0.333. The number of hydrogen-bond donors (Lipinski definition) is 5. The number of aryl methyl sites for hydroxylation is 2. The van der Waals surface area contributed by atoms with Crippen LogP contribution in [0.4, 0.5) is 36.2 Å². The van der Waals surface area contributed by atoms with Gasteiger partial charge < -0.3 is 26.4 Å². The fourth-order valence-electron chi connectivity index (χ4n) is 5.05. The van der Waals surface area contributed by atoms with Crippen molar-refractivity contribution < 1.29 is 23.1 Å². The number of nitrogens with one attached hydrogen (secondary N) is 4. The average Bonchev–Trinajstić information content (AvgIpc) is 3.57. The lowest BCUT2D eigenvalue weighted by atomic mass is 10.0. The van der Waals surface area contributed by atoms with Crippen LogP contribution in [0.15, 0.2) is 54.9 Å². The zero-order valence-electron chi connectivity index (χ0n) is 24.0. The van der Waals surface area contributed by atoms with Gasteiger partial charge in [0.05, 0.1) is 17.4 Å². The second-order valence-corrected chi connectivity index (χ2v) is 10.6. The Bertz CT molecular complexity index is 1620. The highest BCUT2D eigenvalue weighted by Gasteiger charge is 2.32. The first-order valence-corrected chi connectivity index (χ1v) is 13.9. The Hall–Kier alpha value is -4.49. The monoisotopic (exact) mass is 594 g/mol. The molecule has 1 unspecified atom stereocenters. The van der Waals surface area contributed by atoms with E-state index in [2.05, 4.69) is 36.3 Å². The number of nitrogens with zero attached hydrogens (tertiary/aromatic N) is 4. The van der Waals surface area contributed by atoms with Crippen molar-refractivity contribution >= 4 is 28.9 Å². The number of alkyl halides is 3. The minimum atomic E-state index is -4.63. The highest BCUT2D eigenvalue weighted by molar-refractivity contribution is 6.04. The molecule has 10 nitrogen and oxygen atoms in total. The zero-order valence-corrected chi connectivity index (χ0v) is 24.0. The summed E-state index contributed by atoms with van der Waals surface area (Å²) in [5, 5.41) is 26.7. The molecule has 1 aliphatic carbocycles. The summed E-state index contributed by atoms with van der Waals surface area (Å²) >= 11 is 0. The van der Waals surface area contributed by atoms with Crippen molar-refractivity contribution in [2.24, 2.45) is 0 Å². The first kappa shape index (κ1) is 30.0. The Kier molecular flexibility index (Phi) is 8.64. The number of anilines is 4. The van der Waals surface area contributed by atoms with Gasteiger partial charge in [-0.25, -0.2) is 9.97 Å². The maximum atomic E-state index is 13.7. The van der Waals surface area contributed by atoms with Crippen LogP contribution in [0.25, 0.3) is 5.82 Å². The largest absolute Gasteiger partial charge is 0.416 e. The number of carbonyl (C=O) groups excluding carboxylic acids is 1. The van der Waals surface area contributed by atoms with Crippen LogP contribution >= 0.6 is 0 Å². The molecular weight excluding hydrogens is 561 g/mol. The van der Waals surface area contributed by atoms with Crippen molar-refractivity contribution in [1.29, 1.82) is 0 Å². The van der Waals surface area contributed by atoms with Crippen molar-refractivity contribution in [1.82, 2.24) is 25.1 Å². The highest BCUT2D eigenvalue weighted by atomic mass is 19.4. The summed E-state index contributed by atoms with van der Waals surface area (Å²) in [6, 6.07) is 11.9. The van der Waals surface area contributed by atoms with Gasteiger partial charge in [-0.3, -0.25) is 4.79 Å². The number of carbonyl (C=O) groups is 1. The minimum Gasteiger partial charge on any atom is -0.392 e. The van der Waals surface area contributed by atoms with E-state index in [1.54, 1.807) is 36.0 Å². The standard InChI is InChI=1S/C30H33F3N8O2/c1-17-7-8-22(13-24(17)39-28-9-18(2)40-41(28)27-14-26(34-3)36-16-37-27)38-29(43)20-10-19(11-21(12-20)30(31,32)33)15-35-23-5-4-6-25(23)42/h7-14,16,23,25,35,39,42H,4-6,15H2,1-3H3,(H,38,43)(H,34,36,37)/t23?,25-/m1/s1. The Labute approximate surface area is 246 Å². The Morgan fingerprint density at radius 1 is 1.07 bits per heavy atom. The lowest BCUT2D eigenvalue weighted by Gasteiger charge is -2.18. The van der Waals surface area contributed by atoms with E-state index in [1.165, 1.54) is 12.4 Å². The fourth-order valence-corrected chi connectivity index (χ4v) is 5.05. The van der Waals surface area contributed by atoms with Crippen LogP contribution in [0.2, 0.25) is 0 Å². The number of amides is 1. The average molecular weight is 595 g/mol. The number of aliphatic hydroxyl groups excluding tert-OH is 1. The van der Waals surface area contributed by atoms with Crippen molar-refractivity contribution in [3.8, 4) is 5.82 Å². The summed E-state index contributed by atoms with van der Waals surface area (Å²) < 4.78 is 42.8. The van der Waals surface area contributed by atoms with Gasteiger partial charge in [-0.1, -0.05) is 6.07 Å². The normalized spacial score (nSPS) is 16.7. The number of rotatable bonds is 9. The molecule has 2 heterocycles. The van der Waals surface area contributed by atoms with E-state index in [1.807, 2.05) is 19.9 Å². The van der Waals surface area contributed by atoms with Gasteiger partial charge >= 0.3 is 6.18 Å². The third-order valence-corrected chi connectivity index (χ3v) is 7.35. The van der Waals surface area contributed by atoms with E-state index < -0.39 is 23.8 Å². The lowest BCUT2D eigenvalue weighted by Crippen LogP contribution is -2.35. The molecule has 0 radical (unpaired) electrons. The number of halogens is 3. The van der Waals surface area contributed by atoms with Gasteiger partial charge in [0, 0.05) is 48.7 Å². The molecule has 43 heavy (non-hydrogen) atoms. The Morgan fingerprint density at radius 3 is 2.60 bits per heavy atom. The Balaban J connectivity index is 1.37. The molecule has 2 aromatic heterocycles. The summed E-state index contributed by atoms with van der Waals surface area (Å²) in [6.45, 7) is 3.83. The highest BCUT2D eigenvalue weighted by Crippen LogP contribution is 2.32. The SMILES string of the molecule is CNc1cc(-n2nc(C)cc2Nc2cc(NC(=O)c3cc(CNC4CCC[C@H]4O)cc(C(F)(F)F)c3)ccc2C)ncn1. The van der Waals surface area contributed by atoms with Crippen LogP contribution in [0, 0.1) is 13.8 Å². The predicted octanol–water partition coefficient (Wildman–Crippen LogP) is 5.34. The van der Waals surface area contributed by atoms with E-state index in [-0.39, 0.29) is 18.2 Å². The van der Waals surface area contributed by atoms with Crippen molar-refractivity contribution in [3.63, 3.8) is 0 Å². The molecule has 0 bridgehead atoms. The number of aliphatic hydroxyl groups is 1. The predicted molar refractivity (Wildman–Crippen MR) is 158 cm³/mol. The first-order valence-electron chi connectivity index (χ1n) is 13.9. The second-order valence-electron chi connectivity index (χ2n) is 10.6.